The molecule has 2 N–H and O–H groups in total. The van der Waals surface area contributed by atoms with Gasteiger partial charge in [0.25, 0.3) is 0 Å². The van der Waals surface area contributed by atoms with Crippen molar-refractivity contribution in [2.45, 2.75) is 25.8 Å². The number of nitrogens with zero attached hydrogens (tertiary/aromatic N) is 1. The lowest BCUT2D eigenvalue weighted by molar-refractivity contribution is 0.173. The van der Waals surface area contributed by atoms with E-state index in [1.54, 1.807) is 0 Å². The van der Waals surface area contributed by atoms with Crippen molar-refractivity contribution in [3.8, 4) is 0 Å². The quantitative estimate of drug-likeness (QED) is 0.923. The molecule has 2 rings (SSSR count). The molecular weight excluding hydrogens is 267 g/mol. The normalized spacial score (nSPS) is 16.7. The number of benzene rings is 1. The summed E-state index contributed by atoms with van der Waals surface area (Å²) in [6.07, 6.45) is 3.85. The van der Waals surface area contributed by atoms with E-state index in [0.29, 0.717) is 0 Å². The molecular formula is C14H24Cl2N2. The third-order valence-corrected chi connectivity index (χ3v) is 3.53. The Morgan fingerprint density at radius 2 is 1.67 bits per heavy atom. The van der Waals surface area contributed by atoms with Crippen molar-refractivity contribution in [3.05, 3.63) is 35.9 Å². The van der Waals surface area contributed by atoms with Crippen LogP contribution in [0.25, 0.3) is 0 Å². The van der Waals surface area contributed by atoms with E-state index in [1.165, 1.54) is 37.9 Å². The molecule has 0 radical (unpaired) electrons. The molecule has 0 atom stereocenters. The van der Waals surface area contributed by atoms with Gasteiger partial charge in [-0.15, -0.1) is 24.8 Å². The van der Waals surface area contributed by atoms with Crippen molar-refractivity contribution in [1.29, 1.82) is 0 Å². The Morgan fingerprint density at radius 1 is 1.06 bits per heavy atom. The lowest BCUT2D eigenvalue weighted by Crippen LogP contribution is -2.33. The Bertz CT molecular complexity index is 298. The van der Waals surface area contributed by atoms with E-state index in [1.807, 2.05) is 0 Å². The van der Waals surface area contributed by atoms with Crippen molar-refractivity contribution in [2.24, 2.45) is 11.7 Å². The minimum atomic E-state index is 0. The Hall–Kier alpha value is -0.280. The highest BCUT2D eigenvalue weighted by molar-refractivity contribution is 5.85. The second-order valence-electron chi connectivity index (χ2n) is 4.78. The Balaban J connectivity index is 0.00000144. The van der Waals surface area contributed by atoms with Crippen molar-refractivity contribution < 1.29 is 0 Å². The second kappa shape index (κ2) is 9.62. The number of hydrogen-bond donors (Lipinski definition) is 1. The van der Waals surface area contributed by atoms with Gasteiger partial charge in [0.1, 0.15) is 0 Å². The largest absolute Gasteiger partial charge is 0.330 e. The van der Waals surface area contributed by atoms with Gasteiger partial charge in [-0.1, -0.05) is 30.3 Å². The van der Waals surface area contributed by atoms with Crippen LogP contribution in [0.4, 0.5) is 0 Å². The topological polar surface area (TPSA) is 29.3 Å². The predicted molar refractivity (Wildman–Crippen MR) is 82.6 cm³/mol. The van der Waals surface area contributed by atoms with Gasteiger partial charge in [-0.2, -0.15) is 0 Å². The minimum Gasteiger partial charge on any atom is -0.330 e. The summed E-state index contributed by atoms with van der Waals surface area (Å²) in [5.41, 5.74) is 7.03. The first kappa shape index (κ1) is 17.7. The summed E-state index contributed by atoms with van der Waals surface area (Å²) in [6.45, 7) is 4.43. The molecule has 1 aromatic carbocycles. The van der Waals surface area contributed by atoms with Gasteiger partial charge >= 0.3 is 0 Å². The first-order chi connectivity index (χ1) is 7.88. The second-order valence-corrected chi connectivity index (χ2v) is 4.78. The van der Waals surface area contributed by atoms with Gasteiger partial charge in [-0.05, 0) is 50.4 Å². The van der Waals surface area contributed by atoms with Gasteiger partial charge in [0.05, 0.1) is 0 Å². The molecule has 4 heteroatoms. The molecule has 1 heterocycles. The van der Waals surface area contributed by atoms with Gasteiger partial charge in [-0.3, -0.25) is 4.90 Å². The fraction of sp³-hybridized carbons (Fsp3) is 0.571. The standard InChI is InChI=1S/C14H22N2.2ClH/c15-9-6-13-7-10-16(11-8-13)12-14-4-2-1-3-5-14;;/h1-5,13H,6-12,15H2;2*1H. The Morgan fingerprint density at radius 3 is 2.22 bits per heavy atom. The van der Waals surface area contributed by atoms with Crippen molar-refractivity contribution in [3.63, 3.8) is 0 Å². The zero-order valence-electron chi connectivity index (χ0n) is 10.8. The molecule has 1 aromatic rings. The number of nitrogens with two attached hydrogens (primary N) is 1. The van der Waals surface area contributed by atoms with Crippen LogP contribution in [-0.4, -0.2) is 24.5 Å². The molecule has 0 amide bonds. The highest BCUT2D eigenvalue weighted by atomic mass is 35.5. The molecule has 18 heavy (non-hydrogen) atoms. The van der Waals surface area contributed by atoms with Crippen LogP contribution in [-0.2, 0) is 6.54 Å². The van der Waals surface area contributed by atoms with Crippen molar-refractivity contribution in [1.82, 2.24) is 4.90 Å². The summed E-state index contributed by atoms with van der Waals surface area (Å²) < 4.78 is 0. The van der Waals surface area contributed by atoms with Crippen LogP contribution >= 0.6 is 24.8 Å². The van der Waals surface area contributed by atoms with E-state index in [2.05, 4.69) is 35.2 Å². The Labute approximate surface area is 123 Å². The van der Waals surface area contributed by atoms with Gasteiger partial charge in [0.15, 0.2) is 0 Å². The number of hydrogen-bond acceptors (Lipinski definition) is 2. The minimum absolute atomic E-state index is 0. The van der Waals surface area contributed by atoms with Crippen LogP contribution in [0.5, 0.6) is 0 Å². The maximum atomic E-state index is 5.60. The summed E-state index contributed by atoms with van der Waals surface area (Å²) in [6, 6.07) is 10.8. The van der Waals surface area contributed by atoms with Gasteiger partial charge in [0, 0.05) is 6.54 Å². The third kappa shape index (κ3) is 5.57. The van der Waals surface area contributed by atoms with E-state index in [-0.39, 0.29) is 24.8 Å². The number of halogens is 2. The van der Waals surface area contributed by atoms with Crippen LogP contribution in [0.1, 0.15) is 24.8 Å². The van der Waals surface area contributed by atoms with Crippen LogP contribution in [0.3, 0.4) is 0 Å². The van der Waals surface area contributed by atoms with Gasteiger partial charge in [0.2, 0.25) is 0 Å². The maximum Gasteiger partial charge on any atom is 0.0233 e. The summed E-state index contributed by atoms with van der Waals surface area (Å²) >= 11 is 0. The summed E-state index contributed by atoms with van der Waals surface area (Å²) in [7, 11) is 0. The summed E-state index contributed by atoms with van der Waals surface area (Å²) in [4.78, 5) is 2.56. The molecule has 0 unspecified atom stereocenters. The first-order valence-corrected chi connectivity index (χ1v) is 6.35. The highest BCUT2D eigenvalue weighted by Gasteiger charge is 2.18. The Kier molecular flexibility index (Phi) is 9.47. The third-order valence-electron chi connectivity index (χ3n) is 3.53. The average molecular weight is 291 g/mol. The molecule has 0 aliphatic carbocycles. The molecule has 0 saturated carbocycles. The molecule has 1 aliphatic rings. The van der Waals surface area contributed by atoms with Crippen LogP contribution in [0.2, 0.25) is 0 Å². The molecule has 0 bridgehead atoms. The SMILES string of the molecule is Cl.Cl.NCCC1CCN(Cc2ccccc2)CC1. The van der Waals surface area contributed by atoms with Crippen LogP contribution < -0.4 is 5.73 Å². The molecule has 1 aliphatic heterocycles. The fourth-order valence-corrected chi connectivity index (χ4v) is 2.51. The van der Waals surface area contributed by atoms with Crippen LogP contribution in [0.15, 0.2) is 30.3 Å². The lowest BCUT2D eigenvalue weighted by Gasteiger charge is -2.31. The zero-order chi connectivity index (χ0) is 11.2. The molecule has 1 fully saturated rings. The van der Waals surface area contributed by atoms with E-state index < -0.39 is 0 Å². The molecule has 104 valence electrons. The average Bonchev–Trinajstić information content (AvgIpc) is 2.33. The summed E-state index contributed by atoms with van der Waals surface area (Å²) in [5, 5.41) is 0. The first-order valence-electron chi connectivity index (χ1n) is 6.35. The molecule has 1 saturated heterocycles. The monoisotopic (exact) mass is 290 g/mol. The lowest BCUT2D eigenvalue weighted by atomic mass is 9.93. The zero-order valence-corrected chi connectivity index (χ0v) is 12.4. The van der Waals surface area contributed by atoms with E-state index >= 15 is 0 Å². The molecule has 0 aromatic heterocycles. The fourth-order valence-electron chi connectivity index (χ4n) is 2.51. The number of piperidine rings is 1. The van der Waals surface area contributed by atoms with E-state index in [4.69, 9.17) is 5.73 Å². The number of rotatable bonds is 4. The smallest absolute Gasteiger partial charge is 0.0233 e. The van der Waals surface area contributed by atoms with Crippen molar-refractivity contribution >= 4 is 24.8 Å². The molecule has 0 spiro atoms. The van der Waals surface area contributed by atoms with Gasteiger partial charge < -0.3 is 5.73 Å². The van der Waals surface area contributed by atoms with E-state index in [9.17, 15) is 0 Å². The van der Waals surface area contributed by atoms with Gasteiger partial charge in [-0.25, -0.2) is 0 Å². The number of likely N-dealkylation sites (tertiary alicyclic amines) is 1. The highest BCUT2D eigenvalue weighted by Crippen LogP contribution is 2.21. The van der Waals surface area contributed by atoms with E-state index in [0.717, 1.165) is 19.0 Å². The van der Waals surface area contributed by atoms with Crippen molar-refractivity contribution in [2.75, 3.05) is 19.6 Å². The molecule has 2 nitrogen and oxygen atoms in total. The predicted octanol–water partition coefficient (Wildman–Crippen LogP) is 3.09. The maximum absolute atomic E-state index is 5.60. The van der Waals surface area contributed by atoms with Crippen LogP contribution in [0, 0.1) is 5.92 Å². The summed E-state index contributed by atoms with van der Waals surface area (Å²) in [5.74, 6) is 0.872.